The van der Waals surface area contributed by atoms with Crippen LogP contribution < -0.4 is 4.74 Å². The molecule has 2 rings (SSSR count). The Hall–Kier alpha value is -1.18. The second-order valence-corrected chi connectivity index (χ2v) is 4.04. The van der Waals surface area contributed by atoms with E-state index < -0.39 is 0 Å². The van der Waals surface area contributed by atoms with Crippen LogP contribution >= 0.6 is 23.2 Å². The molecule has 0 atom stereocenters. The molecule has 1 radical (unpaired) electrons. The molecule has 3 heteroatoms. The van der Waals surface area contributed by atoms with Crippen molar-refractivity contribution >= 4 is 23.2 Å². The fourth-order valence-corrected chi connectivity index (χ4v) is 1.80. The van der Waals surface area contributed by atoms with Gasteiger partial charge in [-0.05, 0) is 30.3 Å². The van der Waals surface area contributed by atoms with Crippen LogP contribution in [0.25, 0.3) is 0 Å². The van der Waals surface area contributed by atoms with Crippen LogP contribution in [-0.4, -0.2) is 0 Å². The smallest absolute Gasteiger partial charge is 0.119 e. The highest BCUT2D eigenvalue weighted by Crippen LogP contribution is 2.25. The lowest BCUT2D eigenvalue weighted by Crippen LogP contribution is -1.96. The highest BCUT2D eigenvalue weighted by Gasteiger charge is 2.05. The van der Waals surface area contributed by atoms with Crippen molar-refractivity contribution in [3.63, 3.8) is 0 Å². The first-order valence-corrected chi connectivity index (χ1v) is 5.55. The van der Waals surface area contributed by atoms with Crippen LogP contribution in [0.5, 0.6) is 5.75 Å². The van der Waals surface area contributed by atoms with Gasteiger partial charge < -0.3 is 4.74 Å². The minimum atomic E-state index is 0.364. The first-order valence-electron chi connectivity index (χ1n) is 4.79. The lowest BCUT2D eigenvalue weighted by Gasteiger charge is -2.08. The van der Waals surface area contributed by atoms with Gasteiger partial charge in [-0.25, -0.2) is 0 Å². The van der Waals surface area contributed by atoms with Crippen molar-refractivity contribution < 1.29 is 4.74 Å². The highest BCUT2D eigenvalue weighted by atomic mass is 35.5. The monoisotopic (exact) mass is 251 g/mol. The minimum absolute atomic E-state index is 0.364. The van der Waals surface area contributed by atoms with E-state index in [1.54, 1.807) is 24.3 Å². The van der Waals surface area contributed by atoms with Gasteiger partial charge in [0.05, 0.1) is 0 Å². The molecule has 1 nitrogen and oxygen atoms in total. The van der Waals surface area contributed by atoms with Crippen molar-refractivity contribution in [3.05, 3.63) is 64.1 Å². The largest absolute Gasteiger partial charge is 0.489 e. The summed E-state index contributed by atoms with van der Waals surface area (Å²) in [4.78, 5) is 0. The van der Waals surface area contributed by atoms with Crippen molar-refractivity contribution in [1.82, 2.24) is 0 Å². The van der Waals surface area contributed by atoms with Gasteiger partial charge in [0.2, 0.25) is 0 Å². The number of rotatable bonds is 3. The lowest BCUT2D eigenvalue weighted by atomic mass is 10.2. The average molecular weight is 252 g/mol. The zero-order valence-corrected chi connectivity index (χ0v) is 9.92. The molecular weight excluding hydrogens is 243 g/mol. The minimum Gasteiger partial charge on any atom is -0.489 e. The van der Waals surface area contributed by atoms with Crippen molar-refractivity contribution in [1.29, 1.82) is 0 Å². The quantitative estimate of drug-likeness (QED) is 0.787. The Morgan fingerprint density at radius 3 is 2.25 bits per heavy atom. The van der Waals surface area contributed by atoms with Gasteiger partial charge >= 0.3 is 0 Å². The van der Waals surface area contributed by atoms with Crippen LogP contribution in [-0.2, 0) is 6.61 Å². The molecule has 0 aromatic heterocycles. The predicted molar refractivity (Wildman–Crippen MR) is 66.1 cm³/mol. The number of hydrogen-bond acceptors (Lipinski definition) is 1. The van der Waals surface area contributed by atoms with Crippen molar-refractivity contribution in [2.45, 2.75) is 6.61 Å². The first-order chi connectivity index (χ1) is 7.77. The van der Waals surface area contributed by atoms with E-state index in [0.717, 1.165) is 11.3 Å². The van der Waals surface area contributed by atoms with Crippen LogP contribution in [0.4, 0.5) is 0 Å². The molecular formula is C13H9Cl2O. The van der Waals surface area contributed by atoms with E-state index >= 15 is 0 Å². The molecule has 0 aliphatic carbocycles. The van der Waals surface area contributed by atoms with E-state index in [2.05, 4.69) is 6.07 Å². The molecule has 0 unspecified atom stereocenters. The maximum Gasteiger partial charge on any atom is 0.119 e. The third-order valence-electron chi connectivity index (χ3n) is 2.13. The summed E-state index contributed by atoms with van der Waals surface area (Å²) < 4.78 is 5.56. The second-order valence-electron chi connectivity index (χ2n) is 3.22. The summed E-state index contributed by atoms with van der Waals surface area (Å²) in [6.45, 7) is 0.364. The van der Waals surface area contributed by atoms with Gasteiger partial charge in [-0.1, -0.05) is 41.4 Å². The molecule has 0 fully saturated rings. The Balaban J connectivity index is 2.11. The molecule has 0 N–H and O–H groups in total. The van der Waals surface area contributed by atoms with Crippen molar-refractivity contribution in [2.24, 2.45) is 0 Å². The maximum absolute atomic E-state index is 6.03. The Kier molecular flexibility index (Phi) is 3.70. The third kappa shape index (κ3) is 2.69. The molecule has 0 saturated heterocycles. The molecule has 81 valence electrons. The van der Waals surface area contributed by atoms with E-state index in [4.69, 9.17) is 27.9 Å². The van der Waals surface area contributed by atoms with Gasteiger partial charge in [0, 0.05) is 15.6 Å². The van der Waals surface area contributed by atoms with E-state index in [1.807, 2.05) is 18.2 Å². The van der Waals surface area contributed by atoms with Crippen LogP contribution in [0.1, 0.15) is 5.56 Å². The molecule has 0 bridgehead atoms. The summed E-state index contributed by atoms with van der Waals surface area (Å²) in [6, 6.07) is 15.6. The van der Waals surface area contributed by atoms with E-state index in [9.17, 15) is 0 Å². The predicted octanol–water partition coefficient (Wildman–Crippen LogP) is 4.37. The van der Waals surface area contributed by atoms with Gasteiger partial charge in [0.15, 0.2) is 0 Å². The van der Waals surface area contributed by atoms with Crippen molar-refractivity contribution in [3.8, 4) is 5.75 Å². The highest BCUT2D eigenvalue weighted by molar-refractivity contribution is 6.35. The summed E-state index contributed by atoms with van der Waals surface area (Å²) in [7, 11) is 0. The van der Waals surface area contributed by atoms with Crippen LogP contribution in [0.2, 0.25) is 10.0 Å². The SMILES string of the molecule is Clc1cccc(Cl)c1COc1cc[c]cc1. The molecule has 0 amide bonds. The van der Waals surface area contributed by atoms with Crippen LogP contribution in [0, 0.1) is 6.07 Å². The normalized spacial score (nSPS) is 10.1. The Morgan fingerprint density at radius 2 is 1.62 bits per heavy atom. The van der Waals surface area contributed by atoms with E-state index in [0.29, 0.717) is 16.7 Å². The number of halogens is 2. The fraction of sp³-hybridized carbons (Fsp3) is 0.0769. The number of ether oxygens (including phenoxy) is 1. The summed E-state index contributed by atoms with van der Waals surface area (Å²) in [5, 5.41) is 1.24. The van der Waals surface area contributed by atoms with Gasteiger partial charge in [-0.2, -0.15) is 0 Å². The van der Waals surface area contributed by atoms with Gasteiger partial charge in [-0.3, -0.25) is 0 Å². The Bertz CT molecular complexity index is 448. The second kappa shape index (κ2) is 5.24. The summed E-state index contributed by atoms with van der Waals surface area (Å²) >= 11 is 12.1. The standard InChI is InChI=1S/C13H9Cl2O/c14-12-7-4-8-13(15)11(12)9-16-10-5-2-1-3-6-10/h2-8H,9H2. The summed E-state index contributed by atoms with van der Waals surface area (Å²) in [6.07, 6.45) is 0. The molecule has 0 spiro atoms. The molecule has 0 aliphatic rings. The first kappa shape index (κ1) is 11.3. The summed E-state index contributed by atoms with van der Waals surface area (Å²) in [5.74, 6) is 0.773. The Labute approximate surface area is 105 Å². The average Bonchev–Trinajstić information content (AvgIpc) is 2.30. The molecule has 16 heavy (non-hydrogen) atoms. The molecule has 2 aromatic carbocycles. The third-order valence-corrected chi connectivity index (χ3v) is 2.84. The fourth-order valence-electron chi connectivity index (χ4n) is 1.29. The van der Waals surface area contributed by atoms with E-state index in [-0.39, 0.29) is 0 Å². The zero-order chi connectivity index (χ0) is 11.4. The number of benzene rings is 2. The summed E-state index contributed by atoms with van der Waals surface area (Å²) in [5.41, 5.74) is 0.804. The molecule has 2 aromatic rings. The van der Waals surface area contributed by atoms with Gasteiger partial charge in [0.25, 0.3) is 0 Å². The lowest BCUT2D eigenvalue weighted by molar-refractivity contribution is 0.306. The van der Waals surface area contributed by atoms with Gasteiger partial charge in [-0.15, -0.1) is 0 Å². The maximum atomic E-state index is 6.03. The Morgan fingerprint density at radius 1 is 1.00 bits per heavy atom. The van der Waals surface area contributed by atoms with Crippen LogP contribution in [0.3, 0.4) is 0 Å². The number of hydrogen-bond donors (Lipinski definition) is 0. The van der Waals surface area contributed by atoms with Crippen molar-refractivity contribution in [2.75, 3.05) is 0 Å². The van der Waals surface area contributed by atoms with Gasteiger partial charge in [0.1, 0.15) is 12.4 Å². The molecule has 0 heterocycles. The van der Waals surface area contributed by atoms with Crippen LogP contribution in [0.15, 0.2) is 42.5 Å². The zero-order valence-electron chi connectivity index (χ0n) is 8.41. The van der Waals surface area contributed by atoms with E-state index in [1.165, 1.54) is 0 Å². The topological polar surface area (TPSA) is 9.23 Å². The molecule has 0 saturated carbocycles. The molecule has 0 aliphatic heterocycles.